The third-order valence-corrected chi connectivity index (χ3v) is 4.89. The van der Waals surface area contributed by atoms with Crippen molar-refractivity contribution in [1.82, 2.24) is 0 Å². The van der Waals surface area contributed by atoms with Crippen molar-refractivity contribution in [3.05, 3.63) is 35.6 Å². The van der Waals surface area contributed by atoms with E-state index < -0.39 is 17.5 Å². The molecule has 1 aromatic rings. The van der Waals surface area contributed by atoms with Gasteiger partial charge >= 0.3 is 0 Å². The predicted octanol–water partition coefficient (Wildman–Crippen LogP) is 3.17. The van der Waals surface area contributed by atoms with Crippen molar-refractivity contribution in [3.63, 3.8) is 0 Å². The van der Waals surface area contributed by atoms with Crippen LogP contribution in [0.25, 0.3) is 0 Å². The van der Waals surface area contributed by atoms with Crippen LogP contribution in [0.2, 0.25) is 0 Å². The van der Waals surface area contributed by atoms with Gasteiger partial charge in [-0.3, -0.25) is 0 Å². The van der Waals surface area contributed by atoms with E-state index in [1.54, 1.807) is 25.1 Å². The average Bonchev–Trinajstić information content (AvgIpc) is 2.97. The Balaban J connectivity index is 1.73. The smallest absolute Gasteiger partial charge is 0.171 e. The van der Waals surface area contributed by atoms with E-state index in [-0.39, 0.29) is 12.4 Å². The maximum Gasteiger partial charge on any atom is 0.171 e. The molecule has 0 radical (unpaired) electrons. The predicted molar refractivity (Wildman–Crippen MR) is 83.3 cm³/mol. The van der Waals surface area contributed by atoms with Gasteiger partial charge in [-0.25, -0.2) is 4.39 Å². The molecular formula is C18H25FO4. The van der Waals surface area contributed by atoms with Crippen molar-refractivity contribution in [2.24, 2.45) is 0 Å². The second kappa shape index (κ2) is 6.85. The highest BCUT2D eigenvalue weighted by molar-refractivity contribution is 5.16. The molecule has 1 N–H and O–H groups in total. The summed E-state index contributed by atoms with van der Waals surface area (Å²) in [5, 5.41) is 10.8. The molecule has 2 atom stereocenters. The molecule has 128 valence electrons. The Morgan fingerprint density at radius 3 is 2.65 bits per heavy atom. The Morgan fingerprint density at radius 1 is 1.22 bits per heavy atom. The summed E-state index contributed by atoms with van der Waals surface area (Å²) in [6.07, 6.45) is 3.32. The lowest BCUT2D eigenvalue weighted by Gasteiger charge is -2.40. The van der Waals surface area contributed by atoms with Gasteiger partial charge in [0.25, 0.3) is 0 Å². The van der Waals surface area contributed by atoms with E-state index in [4.69, 9.17) is 14.2 Å². The van der Waals surface area contributed by atoms with E-state index in [0.717, 1.165) is 19.3 Å². The van der Waals surface area contributed by atoms with Gasteiger partial charge < -0.3 is 19.3 Å². The largest absolute Gasteiger partial charge is 0.387 e. The monoisotopic (exact) mass is 324 g/mol. The minimum absolute atomic E-state index is 0.129. The molecular weight excluding hydrogens is 299 g/mol. The molecule has 0 aromatic heterocycles. The van der Waals surface area contributed by atoms with Crippen molar-refractivity contribution < 1.29 is 23.7 Å². The van der Waals surface area contributed by atoms with Crippen LogP contribution < -0.4 is 0 Å². The zero-order valence-corrected chi connectivity index (χ0v) is 13.6. The van der Waals surface area contributed by atoms with Gasteiger partial charge in [-0.05, 0) is 25.8 Å². The fourth-order valence-corrected chi connectivity index (χ4v) is 3.45. The topological polar surface area (TPSA) is 47.9 Å². The van der Waals surface area contributed by atoms with Crippen LogP contribution in [0, 0.1) is 5.82 Å². The lowest BCUT2D eigenvalue weighted by atomic mass is 9.83. The summed E-state index contributed by atoms with van der Waals surface area (Å²) in [6, 6.07) is 6.55. The molecule has 0 amide bonds. The lowest BCUT2D eigenvalue weighted by Crippen LogP contribution is -2.48. The van der Waals surface area contributed by atoms with Gasteiger partial charge in [-0.15, -0.1) is 0 Å². The Bertz CT molecular complexity index is 526. The fraction of sp³-hybridized carbons (Fsp3) is 0.667. The number of hydrogen-bond donors (Lipinski definition) is 1. The van der Waals surface area contributed by atoms with Crippen LogP contribution >= 0.6 is 0 Å². The van der Waals surface area contributed by atoms with Gasteiger partial charge in [-0.1, -0.05) is 24.6 Å². The summed E-state index contributed by atoms with van der Waals surface area (Å²) in [4.78, 5) is 0. The van der Waals surface area contributed by atoms with Crippen LogP contribution in [0.15, 0.2) is 24.3 Å². The molecule has 4 nitrogen and oxygen atoms in total. The molecule has 2 unspecified atom stereocenters. The molecule has 5 heteroatoms. The molecule has 1 aromatic carbocycles. The molecule has 1 heterocycles. The highest BCUT2D eigenvalue weighted by atomic mass is 19.1. The van der Waals surface area contributed by atoms with Crippen molar-refractivity contribution in [2.45, 2.75) is 63.1 Å². The summed E-state index contributed by atoms with van der Waals surface area (Å²) in [5.74, 6) is -0.953. The first-order chi connectivity index (χ1) is 11.0. The van der Waals surface area contributed by atoms with Crippen LogP contribution in [-0.4, -0.2) is 35.8 Å². The molecule has 1 aliphatic heterocycles. The van der Waals surface area contributed by atoms with Crippen LogP contribution in [0.3, 0.4) is 0 Å². The van der Waals surface area contributed by atoms with E-state index in [2.05, 4.69) is 0 Å². The summed E-state index contributed by atoms with van der Waals surface area (Å²) >= 11 is 0. The second-order valence-electron chi connectivity index (χ2n) is 6.77. The van der Waals surface area contributed by atoms with Gasteiger partial charge in [0, 0.05) is 18.4 Å². The maximum atomic E-state index is 13.8. The first-order valence-corrected chi connectivity index (χ1v) is 8.36. The number of hydrogen-bond acceptors (Lipinski definition) is 4. The Morgan fingerprint density at radius 2 is 1.91 bits per heavy atom. The Kier molecular flexibility index (Phi) is 5.01. The van der Waals surface area contributed by atoms with Crippen LogP contribution in [0.4, 0.5) is 4.39 Å². The summed E-state index contributed by atoms with van der Waals surface area (Å²) < 4.78 is 31.4. The lowest BCUT2D eigenvalue weighted by molar-refractivity contribution is -0.219. The zero-order chi connectivity index (χ0) is 16.3. The van der Waals surface area contributed by atoms with Crippen LogP contribution in [0.5, 0.6) is 0 Å². The fourth-order valence-electron chi connectivity index (χ4n) is 3.45. The van der Waals surface area contributed by atoms with Gasteiger partial charge in [0.05, 0.1) is 31.5 Å². The van der Waals surface area contributed by atoms with Crippen molar-refractivity contribution >= 4 is 0 Å². The zero-order valence-electron chi connectivity index (χ0n) is 13.6. The van der Waals surface area contributed by atoms with Crippen molar-refractivity contribution in [1.29, 1.82) is 0 Å². The highest BCUT2D eigenvalue weighted by Crippen LogP contribution is 2.38. The van der Waals surface area contributed by atoms with Crippen molar-refractivity contribution in [3.8, 4) is 0 Å². The summed E-state index contributed by atoms with van der Waals surface area (Å²) in [6.45, 7) is 3.06. The van der Waals surface area contributed by atoms with Crippen molar-refractivity contribution in [2.75, 3.05) is 13.2 Å². The van der Waals surface area contributed by atoms with E-state index >= 15 is 0 Å². The number of rotatable bonds is 3. The minimum atomic E-state index is -0.978. The molecule has 2 fully saturated rings. The van der Waals surface area contributed by atoms with Crippen LogP contribution in [0.1, 0.15) is 44.6 Å². The number of aliphatic hydroxyl groups is 1. The summed E-state index contributed by atoms with van der Waals surface area (Å²) in [5.41, 5.74) is -0.485. The standard InChI is InChI=1S/C18H25FO4/c1-17(20)8-4-5-9-18(22-10-11-23-18)12-16(17)21-13-14-6-2-3-7-15(14)19/h2-3,6-7,16,20H,4-5,8-13H2,1H3. The van der Waals surface area contributed by atoms with E-state index in [1.807, 2.05) is 0 Å². The molecule has 3 rings (SSSR count). The number of ether oxygens (including phenoxy) is 3. The summed E-state index contributed by atoms with van der Waals surface area (Å²) in [7, 11) is 0. The Labute approximate surface area is 136 Å². The molecule has 23 heavy (non-hydrogen) atoms. The van der Waals surface area contributed by atoms with E-state index in [0.29, 0.717) is 31.6 Å². The molecule has 0 bridgehead atoms. The Hall–Kier alpha value is -1.01. The number of halogens is 1. The molecule has 1 saturated heterocycles. The second-order valence-corrected chi connectivity index (χ2v) is 6.77. The minimum Gasteiger partial charge on any atom is -0.387 e. The quantitative estimate of drug-likeness (QED) is 0.928. The van der Waals surface area contributed by atoms with E-state index in [1.165, 1.54) is 6.07 Å². The first kappa shape index (κ1) is 16.8. The highest BCUT2D eigenvalue weighted by Gasteiger charge is 2.45. The normalized spacial score (nSPS) is 31.0. The SMILES string of the molecule is CC1(O)CCCCC2(CC1OCc1ccccc1F)OCCO2. The van der Waals surface area contributed by atoms with Gasteiger partial charge in [0.15, 0.2) is 5.79 Å². The molecule has 1 aliphatic carbocycles. The molecule has 1 saturated carbocycles. The van der Waals surface area contributed by atoms with Gasteiger partial charge in [0.1, 0.15) is 5.82 Å². The maximum absolute atomic E-state index is 13.8. The molecule has 2 aliphatic rings. The average molecular weight is 324 g/mol. The van der Waals surface area contributed by atoms with Crippen LogP contribution in [-0.2, 0) is 20.8 Å². The third-order valence-electron chi connectivity index (χ3n) is 4.89. The number of benzene rings is 1. The van der Waals surface area contributed by atoms with Gasteiger partial charge in [0.2, 0.25) is 0 Å². The third kappa shape index (κ3) is 3.91. The first-order valence-electron chi connectivity index (χ1n) is 8.36. The van der Waals surface area contributed by atoms with Gasteiger partial charge in [-0.2, -0.15) is 0 Å². The van der Waals surface area contributed by atoms with E-state index in [9.17, 15) is 9.50 Å². The molecule has 1 spiro atoms.